The summed E-state index contributed by atoms with van der Waals surface area (Å²) in [7, 11) is 1.61. The summed E-state index contributed by atoms with van der Waals surface area (Å²) in [5.41, 5.74) is 0.642. The van der Waals surface area contributed by atoms with Gasteiger partial charge in [-0.25, -0.2) is 4.39 Å². The molecule has 112 valence electrons. The lowest BCUT2D eigenvalue weighted by Gasteiger charge is -2.03. The average Bonchev–Trinajstić information content (AvgIpc) is 2.93. The molecule has 1 N–H and O–H groups in total. The van der Waals surface area contributed by atoms with Gasteiger partial charge in [0, 0.05) is 25.8 Å². The number of nitrogens with one attached hydrogen (secondary N) is 1. The Morgan fingerprint density at radius 1 is 1.38 bits per heavy atom. The van der Waals surface area contributed by atoms with Crippen LogP contribution in [0.5, 0.6) is 0 Å². The number of tetrazole rings is 1. The fourth-order valence-corrected chi connectivity index (χ4v) is 1.65. The Morgan fingerprint density at radius 3 is 2.86 bits per heavy atom. The van der Waals surface area contributed by atoms with E-state index in [1.165, 1.54) is 16.9 Å². The van der Waals surface area contributed by atoms with E-state index in [1.807, 2.05) is 0 Å². The number of hydrogen-bond donors (Lipinski definition) is 1. The zero-order valence-electron chi connectivity index (χ0n) is 11.6. The minimum absolute atomic E-state index is 0.0127. The van der Waals surface area contributed by atoms with E-state index in [0.717, 1.165) is 6.42 Å². The van der Waals surface area contributed by atoms with Crippen molar-refractivity contribution in [2.75, 3.05) is 20.3 Å². The molecule has 0 radical (unpaired) electrons. The van der Waals surface area contributed by atoms with Crippen molar-refractivity contribution in [3.8, 4) is 11.4 Å². The van der Waals surface area contributed by atoms with E-state index < -0.39 is 0 Å². The van der Waals surface area contributed by atoms with E-state index in [1.54, 1.807) is 19.2 Å². The fourth-order valence-electron chi connectivity index (χ4n) is 1.65. The molecule has 21 heavy (non-hydrogen) atoms. The lowest BCUT2D eigenvalue weighted by Crippen LogP contribution is -2.29. The number of ether oxygens (including phenoxy) is 1. The van der Waals surface area contributed by atoms with Gasteiger partial charge in [-0.2, -0.15) is 4.80 Å². The number of hydrogen-bond acceptors (Lipinski definition) is 5. The molecule has 1 amide bonds. The SMILES string of the molecule is COCCCNC(=O)Cn1nnc(-c2ccc(F)cc2)n1. The van der Waals surface area contributed by atoms with Gasteiger partial charge in [-0.05, 0) is 35.9 Å². The molecule has 1 aromatic carbocycles. The highest BCUT2D eigenvalue weighted by atomic mass is 19.1. The second-order valence-corrected chi connectivity index (χ2v) is 4.35. The standard InChI is InChI=1S/C13H16FN5O2/c1-21-8-2-7-15-12(20)9-19-17-13(16-18-19)10-3-5-11(14)6-4-10/h3-6H,2,7-9H2,1H3,(H,15,20). The molecule has 7 nitrogen and oxygen atoms in total. The normalized spacial score (nSPS) is 10.6. The summed E-state index contributed by atoms with van der Waals surface area (Å²) < 4.78 is 17.7. The summed E-state index contributed by atoms with van der Waals surface area (Å²) >= 11 is 0. The molecule has 0 saturated carbocycles. The van der Waals surface area contributed by atoms with Crippen LogP contribution in [-0.2, 0) is 16.1 Å². The van der Waals surface area contributed by atoms with Crippen molar-refractivity contribution >= 4 is 5.91 Å². The molecule has 0 fully saturated rings. The van der Waals surface area contributed by atoms with Gasteiger partial charge < -0.3 is 10.1 Å². The second kappa shape index (κ2) is 7.44. The van der Waals surface area contributed by atoms with E-state index in [4.69, 9.17) is 4.74 Å². The van der Waals surface area contributed by atoms with Crippen LogP contribution in [0.1, 0.15) is 6.42 Å². The molecular formula is C13H16FN5O2. The van der Waals surface area contributed by atoms with Gasteiger partial charge in [0.15, 0.2) is 0 Å². The molecule has 0 aliphatic carbocycles. The van der Waals surface area contributed by atoms with Gasteiger partial charge in [-0.3, -0.25) is 4.79 Å². The summed E-state index contributed by atoms with van der Waals surface area (Å²) in [6.07, 6.45) is 0.744. The Balaban J connectivity index is 1.88. The molecule has 0 atom stereocenters. The van der Waals surface area contributed by atoms with E-state index in [-0.39, 0.29) is 18.3 Å². The van der Waals surface area contributed by atoms with Crippen LogP contribution in [0.2, 0.25) is 0 Å². The third-order valence-electron chi connectivity index (χ3n) is 2.69. The van der Waals surface area contributed by atoms with Gasteiger partial charge in [0.1, 0.15) is 12.4 Å². The zero-order valence-corrected chi connectivity index (χ0v) is 11.6. The molecular weight excluding hydrogens is 277 g/mol. The first-order valence-corrected chi connectivity index (χ1v) is 6.48. The monoisotopic (exact) mass is 293 g/mol. The van der Waals surface area contributed by atoms with Gasteiger partial charge in [0.25, 0.3) is 0 Å². The highest BCUT2D eigenvalue weighted by Gasteiger charge is 2.09. The lowest BCUT2D eigenvalue weighted by molar-refractivity contribution is -0.122. The molecule has 0 unspecified atom stereocenters. The number of aromatic nitrogens is 4. The van der Waals surface area contributed by atoms with E-state index in [9.17, 15) is 9.18 Å². The zero-order chi connectivity index (χ0) is 15.1. The summed E-state index contributed by atoms with van der Waals surface area (Å²) in [6.45, 7) is 1.12. The Hall–Kier alpha value is -2.35. The summed E-state index contributed by atoms with van der Waals surface area (Å²) in [4.78, 5) is 12.8. The quantitative estimate of drug-likeness (QED) is 0.757. The minimum Gasteiger partial charge on any atom is -0.385 e. The molecule has 1 heterocycles. The highest BCUT2D eigenvalue weighted by molar-refractivity contribution is 5.75. The number of carbonyl (C=O) groups excluding carboxylic acids is 1. The molecule has 0 saturated heterocycles. The van der Waals surface area contributed by atoms with Crippen LogP contribution in [0.4, 0.5) is 4.39 Å². The lowest BCUT2D eigenvalue weighted by atomic mass is 10.2. The highest BCUT2D eigenvalue weighted by Crippen LogP contribution is 2.13. The Labute approximate surface area is 121 Å². The third kappa shape index (κ3) is 4.60. The van der Waals surface area contributed by atoms with Crippen LogP contribution in [0.3, 0.4) is 0 Å². The summed E-state index contributed by atoms with van der Waals surface area (Å²) in [5.74, 6) is -0.182. The van der Waals surface area contributed by atoms with Gasteiger partial charge >= 0.3 is 0 Å². The van der Waals surface area contributed by atoms with Crippen molar-refractivity contribution < 1.29 is 13.9 Å². The van der Waals surface area contributed by atoms with Gasteiger partial charge in [0.2, 0.25) is 11.7 Å². The van der Waals surface area contributed by atoms with Crippen LogP contribution in [0, 0.1) is 5.82 Å². The third-order valence-corrected chi connectivity index (χ3v) is 2.69. The molecule has 2 rings (SSSR count). The molecule has 0 bridgehead atoms. The van der Waals surface area contributed by atoms with Gasteiger partial charge in [-0.1, -0.05) is 0 Å². The van der Waals surface area contributed by atoms with Crippen molar-refractivity contribution in [3.63, 3.8) is 0 Å². The first-order chi connectivity index (χ1) is 10.2. The summed E-state index contributed by atoms with van der Waals surface area (Å²) in [6, 6.07) is 5.75. The smallest absolute Gasteiger partial charge is 0.243 e. The van der Waals surface area contributed by atoms with E-state index in [2.05, 4.69) is 20.7 Å². The molecule has 0 aliphatic rings. The van der Waals surface area contributed by atoms with Crippen LogP contribution in [-0.4, -0.2) is 46.4 Å². The number of benzene rings is 1. The van der Waals surface area contributed by atoms with Crippen LogP contribution < -0.4 is 5.32 Å². The largest absolute Gasteiger partial charge is 0.385 e. The van der Waals surface area contributed by atoms with Gasteiger partial charge in [0.05, 0.1) is 0 Å². The average molecular weight is 293 g/mol. The minimum atomic E-state index is -0.332. The molecule has 1 aromatic heterocycles. The molecule has 0 aliphatic heterocycles. The van der Waals surface area contributed by atoms with Crippen LogP contribution in [0.25, 0.3) is 11.4 Å². The Kier molecular flexibility index (Phi) is 5.33. The predicted molar refractivity (Wildman–Crippen MR) is 72.7 cm³/mol. The topological polar surface area (TPSA) is 81.9 Å². The maximum Gasteiger partial charge on any atom is 0.243 e. The van der Waals surface area contributed by atoms with Crippen molar-refractivity contribution in [2.24, 2.45) is 0 Å². The first-order valence-electron chi connectivity index (χ1n) is 6.48. The second-order valence-electron chi connectivity index (χ2n) is 4.35. The van der Waals surface area contributed by atoms with E-state index >= 15 is 0 Å². The van der Waals surface area contributed by atoms with Gasteiger partial charge in [-0.15, -0.1) is 10.2 Å². The maximum absolute atomic E-state index is 12.8. The van der Waals surface area contributed by atoms with Crippen LogP contribution >= 0.6 is 0 Å². The maximum atomic E-state index is 12.8. The number of methoxy groups -OCH3 is 1. The molecule has 0 spiro atoms. The number of amides is 1. The predicted octanol–water partition coefficient (Wildman–Crippen LogP) is 0.632. The van der Waals surface area contributed by atoms with Crippen molar-refractivity contribution in [1.29, 1.82) is 0 Å². The Morgan fingerprint density at radius 2 is 2.14 bits per heavy atom. The van der Waals surface area contributed by atoms with Crippen molar-refractivity contribution in [2.45, 2.75) is 13.0 Å². The van der Waals surface area contributed by atoms with Crippen molar-refractivity contribution in [1.82, 2.24) is 25.5 Å². The number of nitrogens with zero attached hydrogens (tertiary/aromatic N) is 4. The fraction of sp³-hybridized carbons (Fsp3) is 0.385. The number of rotatable bonds is 7. The van der Waals surface area contributed by atoms with Crippen LogP contribution in [0.15, 0.2) is 24.3 Å². The summed E-state index contributed by atoms with van der Waals surface area (Å²) in [5, 5.41) is 14.4. The number of halogens is 1. The molecule has 2 aromatic rings. The van der Waals surface area contributed by atoms with E-state index in [0.29, 0.717) is 24.5 Å². The number of carbonyl (C=O) groups is 1. The first kappa shape index (κ1) is 15.0. The Bertz CT molecular complexity index is 585. The molecule has 8 heteroatoms. The van der Waals surface area contributed by atoms with Crippen molar-refractivity contribution in [3.05, 3.63) is 30.1 Å².